The van der Waals surface area contributed by atoms with Crippen LogP contribution in [-0.4, -0.2) is 34.6 Å². The Morgan fingerprint density at radius 2 is 2.27 bits per heavy atom. The van der Waals surface area contributed by atoms with Gasteiger partial charge in [-0.05, 0) is 18.3 Å². The summed E-state index contributed by atoms with van der Waals surface area (Å²) in [6.07, 6.45) is 1.58. The second-order valence-electron chi connectivity index (χ2n) is 5.24. The topological polar surface area (TPSA) is 58.7 Å². The molecule has 1 rings (SSSR count). The van der Waals surface area contributed by atoms with Crippen molar-refractivity contribution in [2.45, 2.75) is 39.7 Å². The van der Waals surface area contributed by atoms with Crippen molar-refractivity contribution in [3.05, 3.63) is 0 Å². The van der Waals surface area contributed by atoms with E-state index in [9.17, 15) is 5.11 Å². The van der Waals surface area contributed by atoms with Gasteiger partial charge in [0, 0.05) is 18.5 Å². The predicted molar refractivity (Wildman–Crippen MR) is 63.5 cm³/mol. The number of likely N-dealkylation sites (tertiary alicyclic amines) is 1. The fourth-order valence-electron chi connectivity index (χ4n) is 1.71. The minimum atomic E-state index is -0.201. The summed E-state index contributed by atoms with van der Waals surface area (Å²) in [4.78, 5) is 2.18. The third kappa shape index (κ3) is 4.58. The normalized spacial score (nSPS) is 24.9. The molecule has 0 spiro atoms. The SMILES string of the molecule is CC(C)(C)CC(=PON)N1CCC(O)C1. The van der Waals surface area contributed by atoms with Gasteiger partial charge in [0.15, 0.2) is 0 Å². The number of rotatable bonds is 3. The van der Waals surface area contributed by atoms with Crippen LogP contribution in [-0.2, 0) is 4.62 Å². The molecule has 1 saturated heterocycles. The molecule has 1 heterocycles. The molecule has 88 valence electrons. The summed E-state index contributed by atoms with van der Waals surface area (Å²) in [7, 11) is 0.712. The molecular formula is C10H21N2O2P. The van der Waals surface area contributed by atoms with E-state index in [4.69, 9.17) is 10.5 Å². The zero-order valence-corrected chi connectivity index (χ0v) is 10.6. The van der Waals surface area contributed by atoms with Crippen molar-refractivity contribution in [3.63, 3.8) is 0 Å². The smallest absolute Gasteiger partial charge is 0.0975 e. The molecule has 3 N–H and O–H groups in total. The summed E-state index contributed by atoms with van der Waals surface area (Å²) < 4.78 is 4.71. The van der Waals surface area contributed by atoms with Crippen LogP contribution >= 0.6 is 8.43 Å². The lowest BCUT2D eigenvalue weighted by Gasteiger charge is -2.25. The van der Waals surface area contributed by atoms with E-state index >= 15 is 0 Å². The Labute approximate surface area is 93.2 Å². The van der Waals surface area contributed by atoms with E-state index in [-0.39, 0.29) is 11.5 Å². The molecule has 0 amide bonds. The third-order valence-corrected chi connectivity index (χ3v) is 3.13. The van der Waals surface area contributed by atoms with Crippen LogP contribution in [0.4, 0.5) is 0 Å². The van der Waals surface area contributed by atoms with Crippen LogP contribution in [0.3, 0.4) is 0 Å². The number of aliphatic hydroxyl groups is 1. The lowest BCUT2D eigenvalue weighted by Crippen LogP contribution is -2.31. The zero-order valence-electron chi connectivity index (χ0n) is 9.73. The van der Waals surface area contributed by atoms with E-state index in [1.54, 1.807) is 0 Å². The molecule has 1 atom stereocenters. The summed E-state index contributed by atoms with van der Waals surface area (Å²) >= 11 is 0. The van der Waals surface area contributed by atoms with Crippen LogP contribution in [0.25, 0.3) is 0 Å². The molecule has 1 unspecified atom stereocenters. The molecule has 0 aromatic rings. The Morgan fingerprint density at radius 3 is 2.67 bits per heavy atom. The van der Waals surface area contributed by atoms with Crippen LogP contribution in [0.1, 0.15) is 33.6 Å². The Balaban J connectivity index is 2.63. The standard InChI is InChI=1S/C10H21N2O2P/c1-10(2,3)6-9(15-14-11)12-5-4-8(13)7-12/h8,13H,4-7,11H2,1-3H3. The number of nitrogens with two attached hydrogens (primary N) is 1. The van der Waals surface area contributed by atoms with Crippen molar-refractivity contribution < 1.29 is 9.73 Å². The molecule has 0 aromatic carbocycles. The molecular weight excluding hydrogens is 211 g/mol. The van der Waals surface area contributed by atoms with Crippen LogP contribution in [0, 0.1) is 5.41 Å². The van der Waals surface area contributed by atoms with Gasteiger partial charge in [0.25, 0.3) is 0 Å². The number of aliphatic hydroxyl groups excluding tert-OH is 1. The van der Waals surface area contributed by atoms with Crippen LogP contribution < -0.4 is 5.90 Å². The maximum absolute atomic E-state index is 9.48. The van der Waals surface area contributed by atoms with Crippen molar-refractivity contribution in [1.29, 1.82) is 0 Å². The van der Waals surface area contributed by atoms with Crippen LogP contribution in [0.15, 0.2) is 0 Å². The first-order valence-electron chi connectivity index (χ1n) is 5.28. The second kappa shape index (κ2) is 5.37. The maximum Gasteiger partial charge on any atom is 0.0975 e. The Morgan fingerprint density at radius 1 is 1.60 bits per heavy atom. The van der Waals surface area contributed by atoms with Gasteiger partial charge in [-0.1, -0.05) is 20.8 Å². The minimum absolute atomic E-state index is 0.201. The van der Waals surface area contributed by atoms with Crippen molar-refractivity contribution in [2.75, 3.05) is 13.1 Å². The first kappa shape index (κ1) is 13.1. The van der Waals surface area contributed by atoms with E-state index in [1.165, 1.54) is 5.42 Å². The van der Waals surface area contributed by atoms with Gasteiger partial charge in [-0.25, -0.2) is 10.5 Å². The second-order valence-corrected chi connectivity index (χ2v) is 6.15. The lowest BCUT2D eigenvalue weighted by atomic mass is 9.92. The predicted octanol–water partition coefficient (Wildman–Crippen LogP) is 1.37. The fraction of sp³-hybridized carbons (Fsp3) is 0.900. The largest absolute Gasteiger partial charge is 0.392 e. The monoisotopic (exact) mass is 232 g/mol. The van der Waals surface area contributed by atoms with Gasteiger partial charge in [-0.15, -0.1) is 0 Å². The number of β-amino-alcohol motifs (C(OH)–C–C–N with tert-alkyl or cyclic N) is 1. The van der Waals surface area contributed by atoms with Gasteiger partial charge in [-0.3, -0.25) is 4.90 Å². The Hall–Kier alpha value is 0.01000. The molecule has 0 aromatic heterocycles. The van der Waals surface area contributed by atoms with Crippen molar-refractivity contribution in [2.24, 2.45) is 11.3 Å². The highest BCUT2D eigenvalue weighted by atomic mass is 31.1. The van der Waals surface area contributed by atoms with E-state index in [1.807, 2.05) is 0 Å². The first-order chi connectivity index (χ1) is 6.92. The van der Waals surface area contributed by atoms with Gasteiger partial charge in [0.05, 0.1) is 14.5 Å². The molecule has 1 aliphatic rings. The zero-order chi connectivity index (χ0) is 11.5. The fourth-order valence-corrected chi connectivity index (χ4v) is 2.67. The van der Waals surface area contributed by atoms with Crippen molar-refractivity contribution in [3.8, 4) is 0 Å². The average Bonchev–Trinajstić information content (AvgIpc) is 2.48. The molecule has 4 nitrogen and oxygen atoms in total. The Bertz CT molecular complexity index is 238. The average molecular weight is 232 g/mol. The van der Waals surface area contributed by atoms with Crippen molar-refractivity contribution in [1.82, 2.24) is 4.90 Å². The molecule has 1 aliphatic heterocycles. The van der Waals surface area contributed by atoms with Gasteiger partial charge in [0.1, 0.15) is 0 Å². The first-order valence-corrected chi connectivity index (χ1v) is 6.09. The summed E-state index contributed by atoms with van der Waals surface area (Å²) in [5, 5.41) is 9.48. The van der Waals surface area contributed by atoms with E-state index in [2.05, 4.69) is 25.7 Å². The molecule has 15 heavy (non-hydrogen) atoms. The molecule has 0 aliphatic carbocycles. The van der Waals surface area contributed by atoms with Crippen LogP contribution in [0.5, 0.6) is 0 Å². The maximum atomic E-state index is 9.48. The van der Waals surface area contributed by atoms with Gasteiger partial charge in [0.2, 0.25) is 0 Å². The molecule has 1 fully saturated rings. The molecule has 0 saturated carbocycles. The van der Waals surface area contributed by atoms with E-state index in [0.29, 0.717) is 15.0 Å². The summed E-state index contributed by atoms with van der Waals surface area (Å²) in [6, 6.07) is 0. The molecule has 0 bridgehead atoms. The van der Waals surface area contributed by atoms with E-state index in [0.717, 1.165) is 19.4 Å². The summed E-state index contributed by atoms with van der Waals surface area (Å²) in [6.45, 7) is 8.17. The highest BCUT2D eigenvalue weighted by Gasteiger charge is 2.26. The quantitative estimate of drug-likeness (QED) is 0.570. The molecule has 5 heteroatoms. The highest BCUT2D eigenvalue weighted by Crippen LogP contribution is 2.25. The number of hydrogen-bond acceptors (Lipinski definition) is 3. The summed E-state index contributed by atoms with van der Waals surface area (Å²) in [5.74, 6) is 5.13. The number of nitrogens with zero attached hydrogens (tertiary/aromatic N) is 1. The number of hydrogen-bond donors (Lipinski definition) is 2. The van der Waals surface area contributed by atoms with Crippen LogP contribution in [0.2, 0.25) is 0 Å². The van der Waals surface area contributed by atoms with Gasteiger partial charge < -0.3 is 5.11 Å². The lowest BCUT2D eigenvalue weighted by molar-refractivity contribution is 0.188. The minimum Gasteiger partial charge on any atom is -0.392 e. The highest BCUT2D eigenvalue weighted by molar-refractivity contribution is 7.35. The Kier molecular flexibility index (Phi) is 4.68. The van der Waals surface area contributed by atoms with E-state index < -0.39 is 0 Å². The van der Waals surface area contributed by atoms with Gasteiger partial charge in [-0.2, -0.15) is 0 Å². The summed E-state index contributed by atoms with van der Waals surface area (Å²) in [5.41, 5.74) is 1.38. The molecule has 0 radical (unpaired) electrons. The third-order valence-electron chi connectivity index (χ3n) is 2.37. The van der Waals surface area contributed by atoms with Crippen molar-refractivity contribution >= 4 is 13.8 Å². The van der Waals surface area contributed by atoms with Gasteiger partial charge >= 0.3 is 0 Å².